The van der Waals surface area contributed by atoms with Crippen molar-refractivity contribution in [2.75, 3.05) is 5.32 Å². The number of aromatic nitrogens is 2. The lowest BCUT2D eigenvalue weighted by Gasteiger charge is -1.96. The molecule has 0 bridgehead atoms. The molecule has 0 aliphatic rings. The highest BCUT2D eigenvalue weighted by Crippen LogP contribution is 2.11. The van der Waals surface area contributed by atoms with Gasteiger partial charge in [0.15, 0.2) is 11.5 Å². The van der Waals surface area contributed by atoms with Crippen molar-refractivity contribution >= 4 is 17.6 Å². The number of hydrogen-bond donors (Lipinski definition) is 2. The first-order valence-corrected chi connectivity index (χ1v) is 3.56. The van der Waals surface area contributed by atoms with Crippen molar-refractivity contribution in [3.05, 3.63) is 16.1 Å². The van der Waals surface area contributed by atoms with Gasteiger partial charge in [-0.15, -0.1) is 0 Å². The quantitative estimate of drug-likeness (QED) is 0.139. The van der Waals surface area contributed by atoms with Gasteiger partial charge in [0, 0.05) is 11.8 Å². The van der Waals surface area contributed by atoms with Gasteiger partial charge >= 0.3 is 0 Å². The average Bonchev–Trinajstić information content (AvgIpc) is 2.61. The summed E-state index contributed by atoms with van der Waals surface area (Å²) in [5, 5.41) is 23.0. The topological polar surface area (TPSA) is 149 Å². The van der Waals surface area contributed by atoms with E-state index in [1.165, 1.54) is 6.92 Å². The number of hydrogen-bond acceptors (Lipinski definition) is 6. The molecule has 78 valence electrons. The first-order chi connectivity index (χ1) is 7.19. The summed E-state index contributed by atoms with van der Waals surface area (Å²) in [7, 11) is 0. The van der Waals surface area contributed by atoms with Crippen LogP contribution in [0.5, 0.6) is 0 Å². The molecule has 10 heteroatoms. The van der Waals surface area contributed by atoms with Gasteiger partial charge < -0.3 is 10.5 Å². The van der Waals surface area contributed by atoms with Crippen LogP contribution in [0.2, 0.25) is 0 Å². The fourth-order valence-corrected chi connectivity index (χ4v) is 0.741. The second kappa shape index (κ2) is 4.58. The van der Waals surface area contributed by atoms with Crippen LogP contribution in [0.25, 0.3) is 10.4 Å². The van der Waals surface area contributed by atoms with Crippen LogP contribution in [0.4, 0.5) is 5.82 Å². The van der Waals surface area contributed by atoms with Crippen LogP contribution in [0, 0.1) is 0 Å². The van der Waals surface area contributed by atoms with Crippen LogP contribution in [-0.2, 0) is 4.79 Å². The average molecular weight is 211 g/mol. The lowest BCUT2D eigenvalue weighted by molar-refractivity contribution is -0.114. The van der Waals surface area contributed by atoms with Gasteiger partial charge in [-0.3, -0.25) is 4.79 Å². The molecule has 1 amide bonds. The van der Waals surface area contributed by atoms with Crippen LogP contribution in [-0.4, -0.2) is 27.3 Å². The van der Waals surface area contributed by atoms with Crippen molar-refractivity contribution < 1.29 is 14.6 Å². The Morgan fingerprint density at radius 2 is 2.40 bits per heavy atom. The van der Waals surface area contributed by atoms with Gasteiger partial charge in [0.1, 0.15) is 0 Å². The molecule has 0 saturated heterocycles. The summed E-state index contributed by atoms with van der Waals surface area (Å²) >= 11 is 0. The zero-order valence-electron chi connectivity index (χ0n) is 7.45. The Labute approximate surface area is 82.2 Å². The van der Waals surface area contributed by atoms with Crippen molar-refractivity contribution in [2.24, 2.45) is 10.3 Å². The van der Waals surface area contributed by atoms with Gasteiger partial charge in [-0.1, -0.05) is 5.16 Å². The Balaban J connectivity index is 3.08. The Morgan fingerprint density at radius 3 is 2.93 bits per heavy atom. The Hall–Kier alpha value is -2.61. The molecule has 1 aromatic rings. The van der Waals surface area contributed by atoms with Gasteiger partial charge in [0.25, 0.3) is 0 Å². The van der Waals surface area contributed by atoms with Crippen molar-refractivity contribution in [3.63, 3.8) is 0 Å². The van der Waals surface area contributed by atoms with Crippen LogP contribution in [0.1, 0.15) is 12.6 Å². The fourth-order valence-electron chi connectivity index (χ4n) is 0.741. The minimum Gasteiger partial charge on any atom is -0.410 e. The Bertz CT molecular complexity index is 443. The van der Waals surface area contributed by atoms with Gasteiger partial charge in [-0.25, -0.2) is 4.63 Å². The summed E-state index contributed by atoms with van der Waals surface area (Å²) in [6, 6.07) is 0. The second-order valence-corrected chi connectivity index (χ2v) is 2.26. The number of anilines is 1. The molecule has 0 spiro atoms. The van der Waals surface area contributed by atoms with Crippen molar-refractivity contribution in [2.45, 2.75) is 6.92 Å². The molecular weight excluding hydrogens is 206 g/mol. The normalized spacial score (nSPS) is 10.6. The summed E-state index contributed by atoms with van der Waals surface area (Å²) in [5.41, 5.74) is 7.98. The molecule has 15 heavy (non-hydrogen) atoms. The van der Waals surface area contributed by atoms with E-state index in [2.05, 4.69) is 35.4 Å². The monoisotopic (exact) mass is 211 g/mol. The van der Waals surface area contributed by atoms with Gasteiger partial charge in [-0.05, 0) is 21.0 Å². The highest BCUT2D eigenvalue weighted by molar-refractivity contribution is 6.03. The number of amides is 1. The van der Waals surface area contributed by atoms with Crippen molar-refractivity contribution in [3.8, 4) is 0 Å². The van der Waals surface area contributed by atoms with E-state index in [1.807, 2.05) is 0 Å². The Kier molecular flexibility index (Phi) is 3.20. The smallest absolute Gasteiger partial charge is 0.222 e. The van der Waals surface area contributed by atoms with Crippen molar-refractivity contribution in [1.82, 2.24) is 10.3 Å². The summed E-state index contributed by atoms with van der Waals surface area (Å²) in [6.45, 7) is 1.24. The Morgan fingerprint density at radius 1 is 1.67 bits per heavy atom. The summed E-state index contributed by atoms with van der Waals surface area (Å²) in [6.07, 6.45) is 0. The number of carbonyl (C=O) groups is 1. The number of oxime groups is 1. The maximum absolute atomic E-state index is 10.7. The number of amidine groups is 1. The largest absolute Gasteiger partial charge is 0.410 e. The van der Waals surface area contributed by atoms with E-state index in [1.54, 1.807) is 0 Å². The number of nitrogens with one attached hydrogen (secondary N) is 1. The molecule has 1 aromatic heterocycles. The molecule has 0 atom stereocenters. The molecule has 0 saturated carbocycles. The molecule has 0 aliphatic heterocycles. The third-order valence-electron chi connectivity index (χ3n) is 1.23. The molecule has 1 heterocycles. The molecule has 1 rings (SSSR count). The molecule has 0 aromatic carbocycles. The fraction of sp³-hybridized carbons (Fsp3) is 0.200. The first-order valence-electron chi connectivity index (χ1n) is 3.56. The van der Waals surface area contributed by atoms with Gasteiger partial charge in [0.2, 0.25) is 11.7 Å². The number of carbonyl (C=O) groups excluding carboxylic acids is 1. The predicted molar refractivity (Wildman–Crippen MR) is 46.1 cm³/mol. The zero-order chi connectivity index (χ0) is 11.3. The van der Waals surface area contributed by atoms with Gasteiger partial charge in [-0.2, -0.15) is 0 Å². The van der Waals surface area contributed by atoms with E-state index in [4.69, 9.17) is 10.7 Å². The van der Waals surface area contributed by atoms with Crippen LogP contribution >= 0.6 is 0 Å². The van der Waals surface area contributed by atoms with E-state index in [0.717, 1.165) is 0 Å². The molecule has 2 N–H and O–H groups in total. The molecule has 0 aliphatic carbocycles. The summed E-state index contributed by atoms with van der Waals surface area (Å²) in [4.78, 5) is 13.1. The van der Waals surface area contributed by atoms with E-state index in [-0.39, 0.29) is 11.5 Å². The maximum Gasteiger partial charge on any atom is 0.222 e. The highest BCUT2D eigenvalue weighted by atomic mass is 16.6. The lowest BCUT2D eigenvalue weighted by Crippen LogP contribution is -2.10. The third-order valence-corrected chi connectivity index (χ3v) is 1.23. The van der Waals surface area contributed by atoms with E-state index >= 15 is 0 Å². The molecule has 0 fully saturated rings. The molecule has 10 nitrogen and oxygen atoms in total. The first kappa shape index (κ1) is 10.5. The SMILES string of the molecule is CC(=O)Nc1nonc1C(N=[N+]=[N-])=NO. The number of azide groups is 1. The minimum atomic E-state index is -0.456. The van der Waals surface area contributed by atoms with E-state index in [0.29, 0.717) is 0 Å². The maximum atomic E-state index is 10.7. The second-order valence-electron chi connectivity index (χ2n) is 2.26. The summed E-state index contributed by atoms with van der Waals surface area (Å²) in [5.74, 6) is -0.977. The predicted octanol–water partition coefficient (Wildman–Crippen LogP) is 0.474. The minimum absolute atomic E-state index is 0.0947. The van der Waals surface area contributed by atoms with Crippen LogP contribution in [0.3, 0.4) is 0 Å². The third kappa shape index (κ3) is 2.42. The van der Waals surface area contributed by atoms with E-state index in [9.17, 15) is 4.79 Å². The molecule has 0 unspecified atom stereocenters. The number of nitrogens with zero attached hydrogens (tertiary/aromatic N) is 6. The van der Waals surface area contributed by atoms with Crippen molar-refractivity contribution in [1.29, 1.82) is 0 Å². The van der Waals surface area contributed by atoms with Gasteiger partial charge in [0.05, 0.1) is 0 Å². The summed E-state index contributed by atoms with van der Waals surface area (Å²) < 4.78 is 4.29. The zero-order valence-corrected chi connectivity index (χ0v) is 7.45. The number of rotatable bonds is 2. The molecular formula is C5H5N7O3. The van der Waals surface area contributed by atoms with Crippen LogP contribution < -0.4 is 5.32 Å². The lowest BCUT2D eigenvalue weighted by atomic mass is 10.4. The standard InChI is InChI=1S/C5H5N7O3/c1-2(13)7-4-3(10-15-11-4)5(9-14)8-12-6/h14H,1H3,(H,7,11,13). The molecule has 0 radical (unpaired) electrons. The highest BCUT2D eigenvalue weighted by Gasteiger charge is 2.16. The van der Waals surface area contributed by atoms with E-state index < -0.39 is 11.7 Å². The van der Waals surface area contributed by atoms with Crippen LogP contribution in [0.15, 0.2) is 14.9 Å².